The molecular weight excluding hydrogens is 220 g/mol. The highest BCUT2D eigenvalue weighted by molar-refractivity contribution is 7.11. The minimum absolute atomic E-state index is 0.140. The van der Waals surface area contributed by atoms with Gasteiger partial charge in [-0.1, -0.05) is 0 Å². The summed E-state index contributed by atoms with van der Waals surface area (Å²) in [5.41, 5.74) is -0.147. The second-order valence-electron chi connectivity index (χ2n) is 5.45. The number of methoxy groups -OCH3 is 1. The van der Waals surface area contributed by atoms with Crippen LogP contribution in [0.5, 0.6) is 0 Å². The molecule has 0 aliphatic heterocycles. The van der Waals surface area contributed by atoms with Gasteiger partial charge in [-0.25, -0.2) is 4.98 Å². The standard InChI is InChI=1S/C12H22N2OS/c1-11(2,3)14-8-9-7-13-10(16-9)12(4,5)15-6/h7,14H,8H2,1-6H3. The van der Waals surface area contributed by atoms with Gasteiger partial charge >= 0.3 is 0 Å². The quantitative estimate of drug-likeness (QED) is 0.881. The van der Waals surface area contributed by atoms with Crippen LogP contribution in [0.4, 0.5) is 0 Å². The molecule has 3 nitrogen and oxygen atoms in total. The van der Waals surface area contributed by atoms with Crippen molar-refractivity contribution in [3.05, 3.63) is 16.1 Å². The van der Waals surface area contributed by atoms with Gasteiger partial charge in [0.2, 0.25) is 0 Å². The van der Waals surface area contributed by atoms with E-state index in [9.17, 15) is 0 Å². The Kier molecular flexibility index (Phi) is 4.10. The fourth-order valence-electron chi connectivity index (χ4n) is 1.11. The monoisotopic (exact) mass is 242 g/mol. The Bertz CT molecular complexity index is 339. The van der Waals surface area contributed by atoms with Crippen LogP contribution in [-0.4, -0.2) is 17.6 Å². The highest BCUT2D eigenvalue weighted by Gasteiger charge is 2.23. The zero-order chi connectivity index (χ0) is 12.4. The molecule has 0 aliphatic carbocycles. The maximum Gasteiger partial charge on any atom is 0.124 e. The number of thiazole rings is 1. The summed E-state index contributed by atoms with van der Waals surface area (Å²) >= 11 is 1.71. The number of nitrogens with zero attached hydrogens (tertiary/aromatic N) is 1. The molecule has 1 aromatic rings. The van der Waals surface area contributed by atoms with Crippen molar-refractivity contribution in [3.63, 3.8) is 0 Å². The maximum absolute atomic E-state index is 5.41. The molecule has 0 fully saturated rings. The van der Waals surface area contributed by atoms with Crippen LogP contribution in [0.15, 0.2) is 6.20 Å². The molecule has 0 atom stereocenters. The highest BCUT2D eigenvalue weighted by atomic mass is 32.1. The van der Waals surface area contributed by atoms with Crippen LogP contribution >= 0.6 is 11.3 Å². The fraction of sp³-hybridized carbons (Fsp3) is 0.750. The minimum atomic E-state index is -0.287. The Morgan fingerprint density at radius 3 is 2.44 bits per heavy atom. The van der Waals surface area contributed by atoms with Gasteiger partial charge < -0.3 is 10.1 Å². The average Bonchev–Trinajstić information content (AvgIpc) is 2.62. The van der Waals surface area contributed by atoms with Crippen LogP contribution in [0.2, 0.25) is 0 Å². The van der Waals surface area contributed by atoms with Crippen LogP contribution in [-0.2, 0) is 16.9 Å². The number of rotatable bonds is 4. The first-order chi connectivity index (χ1) is 7.24. The van der Waals surface area contributed by atoms with Crippen molar-refractivity contribution >= 4 is 11.3 Å². The van der Waals surface area contributed by atoms with Gasteiger partial charge in [0.25, 0.3) is 0 Å². The van der Waals surface area contributed by atoms with E-state index in [2.05, 4.69) is 31.1 Å². The van der Waals surface area contributed by atoms with Crippen molar-refractivity contribution in [1.82, 2.24) is 10.3 Å². The van der Waals surface area contributed by atoms with E-state index in [1.165, 1.54) is 4.88 Å². The second-order valence-corrected chi connectivity index (χ2v) is 6.56. The SMILES string of the molecule is COC(C)(C)c1ncc(CNC(C)(C)C)s1. The summed E-state index contributed by atoms with van der Waals surface area (Å²) in [6, 6.07) is 0. The molecule has 0 bridgehead atoms. The Balaban J connectivity index is 2.66. The molecular formula is C12H22N2OS. The lowest BCUT2D eigenvalue weighted by atomic mass is 10.1. The Hall–Kier alpha value is -0.450. The molecule has 4 heteroatoms. The van der Waals surface area contributed by atoms with Gasteiger partial charge in [-0.15, -0.1) is 11.3 Å². The van der Waals surface area contributed by atoms with Crippen LogP contribution in [0.3, 0.4) is 0 Å². The summed E-state index contributed by atoms with van der Waals surface area (Å²) in [6.45, 7) is 11.4. The molecule has 0 radical (unpaired) electrons. The highest BCUT2D eigenvalue weighted by Crippen LogP contribution is 2.28. The molecule has 16 heavy (non-hydrogen) atoms. The normalized spacial score (nSPS) is 13.1. The number of hydrogen-bond acceptors (Lipinski definition) is 4. The van der Waals surface area contributed by atoms with E-state index in [-0.39, 0.29) is 11.1 Å². The van der Waals surface area contributed by atoms with E-state index in [1.807, 2.05) is 20.0 Å². The molecule has 0 amide bonds. The van der Waals surface area contributed by atoms with E-state index >= 15 is 0 Å². The summed E-state index contributed by atoms with van der Waals surface area (Å²) in [4.78, 5) is 5.66. The first-order valence-corrected chi connectivity index (χ1v) is 6.31. The van der Waals surface area contributed by atoms with Crippen molar-refractivity contribution in [3.8, 4) is 0 Å². The molecule has 1 rings (SSSR count). The molecule has 1 N–H and O–H groups in total. The summed E-state index contributed by atoms with van der Waals surface area (Å²) in [5.74, 6) is 0. The lowest BCUT2D eigenvalue weighted by Gasteiger charge is -2.20. The Labute approximate surface area is 102 Å². The zero-order valence-electron chi connectivity index (χ0n) is 11.0. The second kappa shape index (κ2) is 4.82. The molecule has 0 unspecified atom stereocenters. The first-order valence-electron chi connectivity index (χ1n) is 5.50. The topological polar surface area (TPSA) is 34.1 Å². The molecule has 0 aromatic carbocycles. The third-order valence-electron chi connectivity index (χ3n) is 2.37. The summed E-state index contributed by atoms with van der Waals surface area (Å²) in [5, 5.41) is 4.48. The van der Waals surface area contributed by atoms with Crippen LogP contribution < -0.4 is 5.32 Å². The molecule has 0 saturated carbocycles. The van der Waals surface area contributed by atoms with E-state index in [4.69, 9.17) is 4.74 Å². The van der Waals surface area contributed by atoms with E-state index in [0.717, 1.165) is 11.6 Å². The van der Waals surface area contributed by atoms with Gasteiger partial charge in [-0.2, -0.15) is 0 Å². The van der Waals surface area contributed by atoms with Gasteiger partial charge in [0.1, 0.15) is 10.6 Å². The number of nitrogens with one attached hydrogen (secondary N) is 1. The van der Waals surface area contributed by atoms with E-state index < -0.39 is 0 Å². The van der Waals surface area contributed by atoms with Crippen LogP contribution in [0, 0.1) is 0 Å². The Morgan fingerprint density at radius 1 is 1.31 bits per heavy atom. The van der Waals surface area contributed by atoms with E-state index in [0.29, 0.717) is 0 Å². The number of aromatic nitrogens is 1. The van der Waals surface area contributed by atoms with Crippen molar-refractivity contribution in [2.75, 3.05) is 7.11 Å². The summed E-state index contributed by atoms with van der Waals surface area (Å²) in [6.07, 6.45) is 1.93. The maximum atomic E-state index is 5.41. The predicted molar refractivity (Wildman–Crippen MR) is 68.7 cm³/mol. The van der Waals surface area contributed by atoms with Gasteiger partial charge in [0, 0.05) is 30.3 Å². The van der Waals surface area contributed by atoms with E-state index in [1.54, 1.807) is 18.4 Å². The van der Waals surface area contributed by atoms with Gasteiger partial charge in [0.15, 0.2) is 0 Å². The smallest absolute Gasteiger partial charge is 0.124 e. The molecule has 1 heterocycles. The van der Waals surface area contributed by atoms with Gasteiger partial charge in [-0.05, 0) is 34.6 Å². The fourth-order valence-corrected chi connectivity index (χ4v) is 2.04. The number of ether oxygens (including phenoxy) is 1. The third kappa shape index (κ3) is 3.85. The Morgan fingerprint density at radius 2 is 1.94 bits per heavy atom. The molecule has 92 valence electrons. The lowest BCUT2D eigenvalue weighted by Crippen LogP contribution is -2.34. The first kappa shape index (κ1) is 13.6. The molecule has 0 saturated heterocycles. The van der Waals surface area contributed by atoms with Gasteiger partial charge in [-0.3, -0.25) is 0 Å². The zero-order valence-corrected chi connectivity index (χ0v) is 11.9. The lowest BCUT2D eigenvalue weighted by molar-refractivity contribution is 0.0190. The average molecular weight is 242 g/mol. The van der Waals surface area contributed by atoms with Crippen molar-refractivity contribution in [1.29, 1.82) is 0 Å². The van der Waals surface area contributed by atoms with Crippen LogP contribution in [0.1, 0.15) is 44.5 Å². The molecule has 0 spiro atoms. The van der Waals surface area contributed by atoms with Crippen molar-refractivity contribution < 1.29 is 4.74 Å². The van der Waals surface area contributed by atoms with Crippen molar-refractivity contribution in [2.24, 2.45) is 0 Å². The predicted octanol–water partition coefficient (Wildman–Crippen LogP) is 2.91. The van der Waals surface area contributed by atoms with Crippen LogP contribution in [0.25, 0.3) is 0 Å². The van der Waals surface area contributed by atoms with Crippen molar-refractivity contribution in [2.45, 2.75) is 52.3 Å². The molecule has 0 aliphatic rings. The van der Waals surface area contributed by atoms with Gasteiger partial charge in [0.05, 0.1) is 0 Å². The number of hydrogen-bond donors (Lipinski definition) is 1. The molecule has 1 aromatic heterocycles. The third-order valence-corrected chi connectivity index (χ3v) is 3.67. The minimum Gasteiger partial charge on any atom is -0.372 e. The largest absolute Gasteiger partial charge is 0.372 e. The summed E-state index contributed by atoms with van der Waals surface area (Å²) < 4.78 is 5.41. The summed E-state index contributed by atoms with van der Waals surface area (Å²) in [7, 11) is 1.72.